The molecule has 0 saturated heterocycles. The maximum Gasteiger partial charge on any atom is 0.176 e. The standard InChI is InChI=1S/C28H36ClN3O2/c1-17(2)12-20-16-30-25-11-6-18(19-14-24(29)28(33)26(15-19)34-5)13-23(25)27(20)31-21-7-9-22(10-8-21)32(3)4/h6,11,13-17,21-22,33H,7-10,12H2,1-5H3,(H,30,31). The third kappa shape index (κ3) is 5.26. The van der Waals surface area contributed by atoms with E-state index in [1.165, 1.54) is 31.2 Å². The summed E-state index contributed by atoms with van der Waals surface area (Å²) < 4.78 is 5.33. The van der Waals surface area contributed by atoms with Crippen molar-refractivity contribution in [2.75, 3.05) is 26.5 Å². The summed E-state index contributed by atoms with van der Waals surface area (Å²) in [6.45, 7) is 4.49. The first-order valence-electron chi connectivity index (χ1n) is 12.2. The number of nitrogens with zero attached hydrogens (tertiary/aromatic N) is 2. The summed E-state index contributed by atoms with van der Waals surface area (Å²) in [5.74, 6) is 0.864. The summed E-state index contributed by atoms with van der Waals surface area (Å²) >= 11 is 6.28. The molecule has 1 aliphatic rings. The van der Waals surface area contributed by atoms with Crippen LogP contribution in [-0.2, 0) is 6.42 Å². The Morgan fingerprint density at radius 3 is 2.50 bits per heavy atom. The molecule has 0 unspecified atom stereocenters. The fourth-order valence-electron chi connectivity index (χ4n) is 5.02. The Morgan fingerprint density at radius 2 is 1.85 bits per heavy atom. The van der Waals surface area contributed by atoms with Crippen LogP contribution in [0.1, 0.15) is 45.1 Å². The second-order valence-corrected chi connectivity index (χ2v) is 10.5. The summed E-state index contributed by atoms with van der Waals surface area (Å²) in [7, 11) is 5.90. The number of benzene rings is 2. The summed E-state index contributed by atoms with van der Waals surface area (Å²) in [4.78, 5) is 7.14. The van der Waals surface area contributed by atoms with Gasteiger partial charge in [0.2, 0.25) is 0 Å². The molecule has 4 rings (SSSR count). The lowest BCUT2D eigenvalue weighted by molar-refractivity contribution is 0.221. The van der Waals surface area contributed by atoms with Crippen LogP contribution < -0.4 is 10.1 Å². The highest BCUT2D eigenvalue weighted by Crippen LogP contribution is 2.40. The molecule has 3 aromatic rings. The molecule has 1 aromatic heterocycles. The molecule has 0 spiro atoms. The maximum atomic E-state index is 10.2. The predicted molar refractivity (Wildman–Crippen MR) is 142 cm³/mol. The van der Waals surface area contributed by atoms with Crippen LogP contribution in [0.3, 0.4) is 0 Å². The van der Waals surface area contributed by atoms with E-state index in [4.69, 9.17) is 21.3 Å². The van der Waals surface area contributed by atoms with Crippen LogP contribution in [0, 0.1) is 5.92 Å². The Hall–Kier alpha value is -2.50. The van der Waals surface area contributed by atoms with Gasteiger partial charge in [-0.1, -0.05) is 31.5 Å². The topological polar surface area (TPSA) is 57.6 Å². The Labute approximate surface area is 208 Å². The van der Waals surface area contributed by atoms with Crippen molar-refractivity contribution < 1.29 is 9.84 Å². The summed E-state index contributed by atoms with van der Waals surface area (Å²) in [5.41, 5.74) is 5.34. The third-order valence-electron chi connectivity index (χ3n) is 6.93. The van der Waals surface area contributed by atoms with Crippen molar-refractivity contribution in [1.82, 2.24) is 9.88 Å². The molecule has 2 N–H and O–H groups in total. The van der Waals surface area contributed by atoms with Gasteiger partial charge in [0.1, 0.15) is 0 Å². The Balaban J connectivity index is 1.75. The number of rotatable bonds is 7. The number of halogens is 1. The first kappa shape index (κ1) is 24.6. The van der Waals surface area contributed by atoms with Gasteiger partial charge in [-0.25, -0.2) is 0 Å². The molecule has 0 atom stereocenters. The van der Waals surface area contributed by atoms with Crippen LogP contribution in [0.5, 0.6) is 11.5 Å². The van der Waals surface area contributed by atoms with Crippen LogP contribution in [-0.4, -0.2) is 48.3 Å². The van der Waals surface area contributed by atoms with Crippen molar-refractivity contribution in [3.05, 3.63) is 47.1 Å². The van der Waals surface area contributed by atoms with Gasteiger partial charge in [0, 0.05) is 29.4 Å². The highest BCUT2D eigenvalue weighted by molar-refractivity contribution is 6.32. The summed E-state index contributed by atoms with van der Waals surface area (Å²) in [6, 6.07) is 11.0. The fourth-order valence-corrected chi connectivity index (χ4v) is 5.23. The van der Waals surface area contributed by atoms with Crippen molar-refractivity contribution in [2.24, 2.45) is 5.92 Å². The number of anilines is 1. The molecule has 1 saturated carbocycles. The van der Waals surface area contributed by atoms with E-state index in [0.29, 0.717) is 23.8 Å². The second-order valence-electron chi connectivity index (χ2n) is 10.1. The Kier molecular flexibility index (Phi) is 7.54. The molecule has 6 heteroatoms. The van der Waals surface area contributed by atoms with E-state index in [9.17, 15) is 5.11 Å². The van der Waals surface area contributed by atoms with Crippen LogP contribution in [0.25, 0.3) is 22.0 Å². The van der Waals surface area contributed by atoms with E-state index >= 15 is 0 Å². The first-order valence-corrected chi connectivity index (χ1v) is 12.6. The molecule has 5 nitrogen and oxygen atoms in total. The van der Waals surface area contributed by atoms with Gasteiger partial charge in [-0.05, 0) is 93.1 Å². The number of hydrogen-bond acceptors (Lipinski definition) is 5. The number of fused-ring (bicyclic) bond motifs is 1. The number of aromatic hydroxyl groups is 1. The lowest BCUT2D eigenvalue weighted by atomic mass is 9.89. The van der Waals surface area contributed by atoms with Crippen molar-refractivity contribution in [3.63, 3.8) is 0 Å². The number of ether oxygens (including phenoxy) is 1. The summed E-state index contributed by atoms with van der Waals surface area (Å²) in [5, 5.41) is 15.5. The van der Waals surface area contributed by atoms with E-state index in [-0.39, 0.29) is 10.8 Å². The minimum Gasteiger partial charge on any atom is -0.503 e. The summed E-state index contributed by atoms with van der Waals surface area (Å²) in [6.07, 6.45) is 7.77. The number of nitrogens with one attached hydrogen (secondary N) is 1. The van der Waals surface area contributed by atoms with Crippen molar-refractivity contribution in [1.29, 1.82) is 0 Å². The molecule has 1 fully saturated rings. The minimum absolute atomic E-state index is 0.0368. The zero-order valence-corrected chi connectivity index (χ0v) is 21.6. The number of hydrogen-bond donors (Lipinski definition) is 2. The van der Waals surface area contributed by atoms with Gasteiger partial charge >= 0.3 is 0 Å². The van der Waals surface area contributed by atoms with Crippen molar-refractivity contribution in [3.8, 4) is 22.6 Å². The van der Waals surface area contributed by atoms with E-state index < -0.39 is 0 Å². The van der Waals surface area contributed by atoms with Crippen LogP contribution in [0.4, 0.5) is 5.69 Å². The predicted octanol–water partition coefficient (Wildman–Crippen LogP) is 6.75. The monoisotopic (exact) mass is 481 g/mol. The van der Waals surface area contributed by atoms with E-state index in [2.05, 4.69) is 50.3 Å². The quantitative estimate of drug-likeness (QED) is 0.390. The number of phenolic OH excluding ortho intramolecular Hbond substituents is 1. The molecule has 2 aromatic carbocycles. The van der Waals surface area contributed by atoms with Gasteiger partial charge in [-0.2, -0.15) is 0 Å². The van der Waals surface area contributed by atoms with E-state index in [1.54, 1.807) is 6.07 Å². The first-order chi connectivity index (χ1) is 16.3. The third-order valence-corrected chi connectivity index (χ3v) is 7.22. The van der Waals surface area contributed by atoms with Gasteiger partial charge in [0.25, 0.3) is 0 Å². The molecule has 0 radical (unpaired) electrons. The van der Waals surface area contributed by atoms with E-state index in [1.807, 2.05) is 18.3 Å². The normalized spacial score (nSPS) is 18.6. The number of methoxy groups -OCH3 is 1. The zero-order valence-electron chi connectivity index (χ0n) is 20.9. The van der Waals surface area contributed by atoms with Crippen molar-refractivity contribution in [2.45, 2.75) is 58.0 Å². The lowest BCUT2D eigenvalue weighted by Crippen LogP contribution is -2.36. The van der Waals surface area contributed by atoms with Crippen LogP contribution in [0.15, 0.2) is 36.5 Å². The van der Waals surface area contributed by atoms with E-state index in [0.717, 1.165) is 41.3 Å². The number of phenols is 1. The molecular weight excluding hydrogens is 446 g/mol. The fraction of sp³-hybridized carbons (Fsp3) is 0.464. The maximum absolute atomic E-state index is 10.2. The molecule has 1 heterocycles. The molecule has 182 valence electrons. The SMILES string of the molecule is COc1cc(-c2ccc3ncc(CC(C)C)c(NC4CCC(N(C)C)CC4)c3c2)cc(Cl)c1O. The number of aromatic nitrogens is 1. The molecular formula is C28H36ClN3O2. The smallest absolute Gasteiger partial charge is 0.176 e. The number of pyridine rings is 1. The van der Waals surface area contributed by atoms with Crippen LogP contribution >= 0.6 is 11.6 Å². The molecule has 0 aliphatic heterocycles. The van der Waals surface area contributed by atoms with Gasteiger partial charge in [0.05, 0.1) is 17.6 Å². The average Bonchev–Trinajstić information content (AvgIpc) is 2.82. The Bertz CT molecular complexity index is 1150. The van der Waals surface area contributed by atoms with Gasteiger partial charge in [-0.3, -0.25) is 4.98 Å². The average molecular weight is 482 g/mol. The van der Waals surface area contributed by atoms with Crippen molar-refractivity contribution >= 4 is 28.2 Å². The van der Waals surface area contributed by atoms with Gasteiger partial charge < -0.3 is 20.1 Å². The lowest BCUT2D eigenvalue weighted by Gasteiger charge is -2.34. The minimum atomic E-state index is -0.0368. The largest absolute Gasteiger partial charge is 0.503 e. The second kappa shape index (κ2) is 10.4. The Morgan fingerprint density at radius 1 is 1.12 bits per heavy atom. The molecule has 0 amide bonds. The van der Waals surface area contributed by atoms with Gasteiger partial charge in [-0.15, -0.1) is 0 Å². The van der Waals surface area contributed by atoms with Gasteiger partial charge in [0.15, 0.2) is 11.5 Å². The molecule has 1 aliphatic carbocycles. The highest BCUT2D eigenvalue weighted by atomic mass is 35.5. The molecule has 34 heavy (non-hydrogen) atoms. The zero-order chi connectivity index (χ0) is 24.4. The van der Waals surface area contributed by atoms with Crippen LogP contribution in [0.2, 0.25) is 5.02 Å². The highest BCUT2D eigenvalue weighted by Gasteiger charge is 2.24. The molecule has 0 bridgehead atoms.